The monoisotopic (exact) mass is 551 g/mol. The normalized spacial score (nSPS) is 14.6. The van der Waals surface area contributed by atoms with Crippen LogP contribution in [0.5, 0.6) is 11.5 Å². The van der Waals surface area contributed by atoms with Gasteiger partial charge >= 0.3 is 13.7 Å². The lowest BCUT2D eigenvalue weighted by molar-refractivity contribution is -0.145. The second-order valence-electron chi connectivity index (χ2n) is 10.7. The van der Waals surface area contributed by atoms with Crippen molar-refractivity contribution in [3.63, 3.8) is 0 Å². The van der Waals surface area contributed by atoms with E-state index in [1.165, 1.54) is 19.1 Å². The fourth-order valence-corrected chi connectivity index (χ4v) is 4.41. The van der Waals surface area contributed by atoms with Crippen LogP contribution in [-0.4, -0.2) is 18.6 Å². The van der Waals surface area contributed by atoms with Gasteiger partial charge in [0.25, 0.3) is 0 Å². The zero-order valence-corrected chi connectivity index (χ0v) is 22.6. The Morgan fingerprint density at radius 3 is 1.81 bits per heavy atom. The third kappa shape index (κ3) is 8.17. The molecule has 0 aliphatic carbocycles. The molecular weight excluding hydrogens is 520 g/mol. The van der Waals surface area contributed by atoms with Gasteiger partial charge in [0.05, 0.1) is 6.61 Å². The van der Waals surface area contributed by atoms with Gasteiger partial charge < -0.3 is 13.8 Å². The van der Waals surface area contributed by atoms with E-state index in [9.17, 15) is 31.3 Å². The molecule has 0 spiro atoms. The minimum atomic E-state index is -4.99. The molecule has 0 amide bonds. The van der Waals surface area contributed by atoms with Crippen molar-refractivity contribution < 1.29 is 45.1 Å². The molecular formula is C25H31F5NO5P. The highest BCUT2D eigenvalue weighted by atomic mass is 31.2. The van der Waals surface area contributed by atoms with E-state index in [2.05, 4.69) is 5.09 Å². The van der Waals surface area contributed by atoms with Crippen molar-refractivity contribution in [3.05, 3.63) is 58.9 Å². The first-order chi connectivity index (χ1) is 16.8. The summed E-state index contributed by atoms with van der Waals surface area (Å²) in [5.74, 6) is -14.6. The van der Waals surface area contributed by atoms with Crippen LogP contribution in [-0.2, 0) is 19.5 Å². The van der Waals surface area contributed by atoms with Crippen LogP contribution in [0.1, 0.15) is 60.5 Å². The summed E-state index contributed by atoms with van der Waals surface area (Å²) >= 11 is 0. The van der Waals surface area contributed by atoms with Crippen molar-refractivity contribution in [1.82, 2.24) is 5.09 Å². The van der Waals surface area contributed by atoms with Crippen molar-refractivity contribution in [1.29, 1.82) is 0 Å². The van der Waals surface area contributed by atoms with Gasteiger partial charge in [-0.05, 0) is 41.9 Å². The van der Waals surface area contributed by atoms with Crippen molar-refractivity contribution >= 4 is 13.7 Å². The van der Waals surface area contributed by atoms with Crippen molar-refractivity contribution in [2.24, 2.45) is 5.41 Å². The van der Waals surface area contributed by atoms with E-state index in [0.717, 1.165) is 5.56 Å². The maximum atomic E-state index is 14.3. The zero-order valence-electron chi connectivity index (χ0n) is 21.7. The van der Waals surface area contributed by atoms with Crippen LogP contribution in [0.2, 0.25) is 0 Å². The quantitative estimate of drug-likeness (QED) is 0.117. The molecule has 2 atom stereocenters. The van der Waals surface area contributed by atoms with Crippen LogP contribution in [0.3, 0.4) is 0 Å². The van der Waals surface area contributed by atoms with E-state index in [4.69, 9.17) is 13.8 Å². The second kappa shape index (κ2) is 11.4. The summed E-state index contributed by atoms with van der Waals surface area (Å²) in [6.45, 7) is 12.8. The standard InChI is InChI=1S/C25H31F5NO5P/c1-14(23(32)34-13-12-24(2,3)4)31-37(33,35-16-10-8-15(9-11-16)25(5,6)7)36-22-20(29)18(27)17(26)19(28)21(22)30/h8-11,14H,12-13H2,1-7H3,(H,31,33)/t14-,37?/m0/s1. The number of hydrogen-bond acceptors (Lipinski definition) is 5. The SMILES string of the molecule is C[C@H](NP(=O)(Oc1ccc(C(C)(C)C)cc1)Oc1c(F)c(F)c(F)c(F)c1F)C(=O)OCCC(C)(C)C. The van der Waals surface area contributed by atoms with Crippen LogP contribution >= 0.6 is 7.75 Å². The summed E-state index contributed by atoms with van der Waals surface area (Å²) in [5, 5.41) is 2.16. The Labute approximate surface area is 213 Å². The summed E-state index contributed by atoms with van der Waals surface area (Å²) in [7, 11) is -4.99. The number of benzene rings is 2. The number of ether oxygens (including phenoxy) is 1. The molecule has 0 heterocycles. The van der Waals surface area contributed by atoms with Gasteiger partial charge in [0.2, 0.25) is 34.8 Å². The summed E-state index contributed by atoms with van der Waals surface area (Å²) in [6, 6.07) is 4.59. The number of carbonyl (C=O) groups excluding carboxylic acids is 1. The fourth-order valence-electron chi connectivity index (χ4n) is 2.88. The molecule has 1 N–H and O–H groups in total. The van der Waals surface area contributed by atoms with Crippen molar-refractivity contribution in [2.75, 3.05) is 6.61 Å². The number of carbonyl (C=O) groups is 1. The van der Waals surface area contributed by atoms with E-state index in [1.807, 2.05) is 41.5 Å². The molecule has 2 aromatic carbocycles. The molecule has 1 unspecified atom stereocenters. The van der Waals surface area contributed by atoms with Crippen LogP contribution in [0.4, 0.5) is 22.0 Å². The topological polar surface area (TPSA) is 73.9 Å². The first-order valence-corrected chi connectivity index (χ1v) is 12.9. The summed E-state index contributed by atoms with van der Waals surface area (Å²) < 4.78 is 98.3. The Balaban J connectivity index is 2.40. The van der Waals surface area contributed by atoms with E-state index < -0.39 is 54.6 Å². The predicted molar refractivity (Wildman–Crippen MR) is 128 cm³/mol. The van der Waals surface area contributed by atoms with Crippen molar-refractivity contribution in [3.8, 4) is 11.5 Å². The summed E-state index contributed by atoms with van der Waals surface area (Å²) in [5.41, 5.74) is 0.459. The molecule has 0 bridgehead atoms. The molecule has 37 heavy (non-hydrogen) atoms. The highest BCUT2D eigenvalue weighted by Gasteiger charge is 2.38. The number of halogens is 5. The summed E-state index contributed by atoms with van der Waals surface area (Å²) in [4.78, 5) is 12.4. The average Bonchev–Trinajstić information content (AvgIpc) is 2.78. The largest absolute Gasteiger partial charge is 0.513 e. The van der Waals surface area contributed by atoms with Crippen LogP contribution in [0.15, 0.2) is 24.3 Å². The lowest BCUT2D eigenvalue weighted by Gasteiger charge is -2.25. The van der Waals surface area contributed by atoms with Crippen molar-refractivity contribution in [2.45, 2.75) is 66.3 Å². The Morgan fingerprint density at radius 1 is 0.865 bits per heavy atom. The van der Waals surface area contributed by atoms with Crippen LogP contribution in [0, 0.1) is 34.5 Å². The maximum Gasteiger partial charge on any atom is 0.513 e. The lowest BCUT2D eigenvalue weighted by Crippen LogP contribution is -2.36. The van der Waals surface area contributed by atoms with E-state index in [0.29, 0.717) is 6.42 Å². The van der Waals surface area contributed by atoms with Gasteiger partial charge in [0.1, 0.15) is 11.8 Å². The zero-order chi connectivity index (χ0) is 28.3. The summed E-state index contributed by atoms with van der Waals surface area (Å²) in [6.07, 6.45) is 0.501. The molecule has 2 aromatic rings. The molecule has 0 saturated heterocycles. The van der Waals surface area contributed by atoms with Gasteiger partial charge in [-0.15, -0.1) is 0 Å². The van der Waals surface area contributed by atoms with Crippen LogP contribution < -0.4 is 14.1 Å². The Kier molecular flexibility index (Phi) is 9.41. The highest BCUT2D eigenvalue weighted by Crippen LogP contribution is 2.48. The maximum absolute atomic E-state index is 14.3. The second-order valence-corrected chi connectivity index (χ2v) is 12.3. The van der Waals surface area contributed by atoms with E-state index in [1.54, 1.807) is 12.1 Å². The van der Waals surface area contributed by atoms with Gasteiger partial charge in [-0.1, -0.05) is 53.7 Å². The Morgan fingerprint density at radius 2 is 1.35 bits per heavy atom. The number of hydrogen-bond donors (Lipinski definition) is 1. The van der Waals surface area contributed by atoms with Crippen LogP contribution in [0.25, 0.3) is 0 Å². The highest BCUT2D eigenvalue weighted by molar-refractivity contribution is 7.52. The minimum Gasteiger partial charge on any atom is -0.465 e. The smallest absolute Gasteiger partial charge is 0.465 e. The van der Waals surface area contributed by atoms with Gasteiger partial charge in [-0.3, -0.25) is 4.79 Å². The third-order valence-corrected chi connectivity index (χ3v) is 6.71. The average molecular weight is 551 g/mol. The Hall–Kier alpha value is -2.65. The molecule has 12 heteroatoms. The molecule has 2 rings (SSSR count). The molecule has 0 fully saturated rings. The number of rotatable bonds is 9. The molecule has 0 aliphatic heterocycles. The lowest BCUT2D eigenvalue weighted by atomic mass is 9.87. The van der Waals surface area contributed by atoms with E-state index in [-0.39, 0.29) is 23.2 Å². The van der Waals surface area contributed by atoms with E-state index >= 15 is 0 Å². The Bertz CT molecular complexity index is 1150. The van der Waals surface area contributed by atoms with Gasteiger partial charge in [0, 0.05) is 0 Å². The molecule has 206 valence electrons. The molecule has 0 aromatic heterocycles. The number of esters is 1. The third-order valence-electron chi connectivity index (χ3n) is 5.13. The number of nitrogens with one attached hydrogen (secondary N) is 1. The fraction of sp³-hybridized carbons (Fsp3) is 0.480. The first kappa shape index (κ1) is 30.6. The predicted octanol–water partition coefficient (Wildman–Crippen LogP) is 7.20. The van der Waals surface area contributed by atoms with Gasteiger partial charge in [-0.2, -0.15) is 13.9 Å². The molecule has 0 aliphatic rings. The van der Waals surface area contributed by atoms with Gasteiger partial charge in [-0.25, -0.2) is 17.7 Å². The van der Waals surface area contributed by atoms with Gasteiger partial charge in [0.15, 0.2) is 0 Å². The minimum absolute atomic E-state index is 0.0201. The molecule has 0 radical (unpaired) electrons. The molecule has 6 nitrogen and oxygen atoms in total. The first-order valence-electron chi connectivity index (χ1n) is 11.4. The molecule has 0 saturated carbocycles.